The standard InChI is InChI=1S/C17H23NOS/c1-3-5-15-7-9-16(10-8-15)19-12-11-18-14(2)17-6-4-13-20-17/h4,6-10,13-14,18H,3,5,11-12H2,1-2H3. The van der Waals surface area contributed by atoms with Crippen LogP contribution in [0, 0.1) is 0 Å². The van der Waals surface area contributed by atoms with E-state index in [1.807, 2.05) is 0 Å². The number of thiophene rings is 1. The fraction of sp³-hybridized carbons (Fsp3) is 0.412. The molecule has 0 amide bonds. The van der Waals surface area contributed by atoms with E-state index in [1.54, 1.807) is 11.3 Å². The smallest absolute Gasteiger partial charge is 0.119 e. The topological polar surface area (TPSA) is 21.3 Å². The van der Waals surface area contributed by atoms with Crippen LogP contribution in [0.5, 0.6) is 5.75 Å². The van der Waals surface area contributed by atoms with Crippen molar-refractivity contribution in [3.63, 3.8) is 0 Å². The number of nitrogens with one attached hydrogen (secondary N) is 1. The van der Waals surface area contributed by atoms with Crippen LogP contribution >= 0.6 is 11.3 Å². The molecule has 0 fully saturated rings. The van der Waals surface area contributed by atoms with Gasteiger partial charge < -0.3 is 10.1 Å². The van der Waals surface area contributed by atoms with E-state index in [9.17, 15) is 0 Å². The lowest BCUT2D eigenvalue weighted by Gasteiger charge is -2.13. The molecule has 108 valence electrons. The number of hydrogen-bond acceptors (Lipinski definition) is 3. The molecular formula is C17H23NOS. The van der Waals surface area contributed by atoms with Gasteiger partial charge in [-0.3, -0.25) is 0 Å². The van der Waals surface area contributed by atoms with Crippen LogP contribution in [0.4, 0.5) is 0 Å². The quantitative estimate of drug-likeness (QED) is 0.726. The third-order valence-corrected chi connectivity index (χ3v) is 4.31. The Morgan fingerprint density at radius 2 is 2.00 bits per heavy atom. The molecule has 0 aliphatic heterocycles. The van der Waals surface area contributed by atoms with E-state index in [4.69, 9.17) is 4.74 Å². The third kappa shape index (κ3) is 4.66. The Morgan fingerprint density at radius 1 is 1.20 bits per heavy atom. The number of benzene rings is 1. The summed E-state index contributed by atoms with van der Waals surface area (Å²) in [5.41, 5.74) is 1.38. The minimum atomic E-state index is 0.394. The second-order valence-corrected chi connectivity index (χ2v) is 5.91. The van der Waals surface area contributed by atoms with Gasteiger partial charge in [0.05, 0.1) is 0 Å². The number of aryl methyl sites for hydroxylation is 1. The molecular weight excluding hydrogens is 266 g/mol. The lowest BCUT2D eigenvalue weighted by atomic mass is 10.1. The Kier molecular flexibility index (Phi) is 6.09. The zero-order chi connectivity index (χ0) is 14.2. The summed E-state index contributed by atoms with van der Waals surface area (Å²) in [7, 11) is 0. The van der Waals surface area contributed by atoms with Crippen molar-refractivity contribution >= 4 is 11.3 Å². The van der Waals surface area contributed by atoms with Crippen LogP contribution in [0.2, 0.25) is 0 Å². The van der Waals surface area contributed by atoms with Gasteiger partial charge >= 0.3 is 0 Å². The Balaban J connectivity index is 1.68. The second-order valence-electron chi connectivity index (χ2n) is 4.93. The van der Waals surface area contributed by atoms with Crippen molar-refractivity contribution in [1.29, 1.82) is 0 Å². The van der Waals surface area contributed by atoms with E-state index >= 15 is 0 Å². The molecule has 1 heterocycles. The first kappa shape index (κ1) is 15.1. The predicted molar refractivity (Wildman–Crippen MR) is 86.7 cm³/mol. The molecule has 1 atom stereocenters. The average molecular weight is 289 g/mol. The molecule has 2 rings (SSSR count). The van der Waals surface area contributed by atoms with Gasteiger partial charge in [-0.1, -0.05) is 31.5 Å². The maximum absolute atomic E-state index is 5.75. The summed E-state index contributed by atoms with van der Waals surface area (Å²) < 4.78 is 5.75. The number of hydrogen-bond donors (Lipinski definition) is 1. The minimum absolute atomic E-state index is 0.394. The van der Waals surface area contributed by atoms with Crippen LogP contribution in [0.15, 0.2) is 41.8 Å². The van der Waals surface area contributed by atoms with Crippen molar-refractivity contribution in [2.45, 2.75) is 32.7 Å². The molecule has 0 spiro atoms. The molecule has 0 bridgehead atoms. The summed E-state index contributed by atoms with van der Waals surface area (Å²) in [6.45, 7) is 5.94. The van der Waals surface area contributed by atoms with E-state index in [1.165, 1.54) is 16.9 Å². The highest BCUT2D eigenvalue weighted by atomic mass is 32.1. The molecule has 1 unspecified atom stereocenters. The summed E-state index contributed by atoms with van der Waals surface area (Å²) in [6, 6.07) is 13.1. The van der Waals surface area contributed by atoms with Crippen LogP contribution in [-0.4, -0.2) is 13.2 Å². The van der Waals surface area contributed by atoms with Gasteiger partial charge in [0, 0.05) is 17.5 Å². The molecule has 1 N–H and O–H groups in total. The highest BCUT2D eigenvalue weighted by Gasteiger charge is 2.04. The van der Waals surface area contributed by atoms with Crippen molar-refractivity contribution in [1.82, 2.24) is 5.32 Å². The Hall–Kier alpha value is -1.32. The molecule has 0 saturated carbocycles. The van der Waals surface area contributed by atoms with Gasteiger partial charge in [-0.05, 0) is 42.5 Å². The molecule has 20 heavy (non-hydrogen) atoms. The van der Waals surface area contributed by atoms with Crippen LogP contribution in [0.1, 0.15) is 36.8 Å². The summed E-state index contributed by atoms with van der Waals surface area (Å²) in [6.07, 6.45) is 2.32. The Labute approximate surface area is 125 Å². The van der Waals surface area contributed by atoms with Gasteiger partial charge in [0.15, 0.2) is 0 Å². The molecule has 3 heteroatoms. The Morgan fingerprint density at radius 3 is 2.65 bits per heavy atom. The normalized spacial score (nSPS) is 12.3. The first-order valence-electron chi connectivity index (χ1n) is 7.28. The van der Waals surface area contributed by atoms with Crippen LogP contribution in [0.3, 0.4) is 0 Å². The zero-order valence-electron chi connectivity index (χ0n) is 12.3. The SMILES string of the molecule is CCCc1ccc(OCCNC(C)c2cccs2)cc1. The summed E-state index contributed by atoms with van der Waals surface area (Å²) in [5, 5.41) is 5.59. The molecule has 1 aromatic heterocycles. The Bertz CT molecular complexity index is 478. The highest BCUT2D eigenvalue weighted by Crippen LogP contribution is 2.18. The second kappa shape index (κ2) is 8.08. The van der Waals surface area contributed by atoms with E-state index in [0.717, 1.165) is 18.7 Å². The fourth-order valence-corrected chi connectivity index (χ4v) is 2.88. The lowest BCUT2D eigenvalue weighted by molar-refractivity contribution is 0.308. The predicted octanol–water partition coefficient (Wildman–Crippen LogP) is 4.43. The van der Waals surface area contributed by atoms with Crippen LogP contribution in [0.25, 0.3) is 0 Å². The van der Waals surface area contributed by atoms with Crippen LogP contribution in [-0.2, 0) is 6.42 Å². The molecule has 2 nitrogen and oxygen atoms in total. The first-order chi connectivity index (χ1) is 9.79. The average Bonchev–Trinajstić information content (AvgIpc) is 3.00. The van der Waals surface area contributed by atoms with Crippen LogP contribution < -0.4 is 10.1 Å². The van der Waals surface area contributed by atoms with E-state index in [-0.39, 0.29) is 0 Å². The van der Waals surface area contributed by atoms with Gasteiger partial charge in [0.2, 0.25) is 0 Å². The van der Waals surface area contributed by atoms with Crippen molar-refractivity contribution in [3.8, 4) is 5.75 Å². The van der Waals surface area contributed by atoms with Gasteiger partial charge in [-0.25, -0.2) is 0 Å². The summed E-state index contributed by atoms with van der Waals surface area (Å²) in [5.74, 6) is 0.954. The number of rotatable bonds is 8. The zero-order valence-corrected chi connectivity index (χ0v) is 13.1. The lowest BCUT2D eigenvalue weighted by Crippen LogP contribution is -2.23. The van der Waals surface area contributed by atoms with E-state index < -0.39 is 0 Å². The molecule has 0 saturated heterocycles. The van der Waals surface area contributed by atoms with E-state index in [2.05, 4.69) is 60.9 Å². The molecule has 0 aliphatic rings. The van der Waals surface area contributed by atoms with Crippen molar-refractivity contribution in [2.75, 3.05) is 13.2 Å². The highest BCUT2D eigenvalue weighted by molar-refractivity contribution is 7.10. The minimum Gasteiger partial charge on any atom is -0.492 e. The van der Waals surface area contributed by atoms with Crippen molar-refractivity contribution in [3.05, 3.63) is 52.2 Å². The maximum atomic E-state index is 5.75. The fourth-order valence-electron chi connectivity index (χ4n) is 2.12. The molecule has 0 aliphatic carbocycles. The monoisotopic (exact) mass is 289 g/mol. The number of ether oxygens (including phenoxy) is 1. The van der Waals surface area contributed by atoms with Gasteiger partial charge in [-0.2, -0.15) is 0 Å². The summed E-state index contributed by atoms with van der Waals surface area (Å²) in [4.78, 5) is 1.37. The molecule has 2 aromatic rings. The van der Waals surface area contributed by atoms with Gasteiger partial charge in [0.1, 0.15) is 12.4 Å². The van der Waals surface area contributed by atoms with Crippen molar-refractivity contribution in [2.24, 2.45) is 0 Å². The third-order valence-electron chi connectivity index (χ3n) is 3.25. The molecule has 1 aromatic carbocycles. The summed E-state index contributed by atoms with van der Waals surface area (Å²) >= 11 is 1.79. The largest absolute Gasteiger partial charge is 0.492 e. The van der Waals surface area contributed by atoms with E-state index in [0.29, 0.717) is 12.6 Å². The molecule has 0 radical (unpaired) electrons. The van der Waals surface area contributed by atoms with Gasteiger partial charge in [-0.15, -0.1) is 11.3 Å². The maximum Gasteiger partial charge on any atom is 0.119 e. The first-order valence-corrected chi connectivity index (χ1v) is 8.16. The van der Waals surface area contributed by atoms with Crippen molar-refractivity contribution < 1.29 is 4.74 Å². The van der Waals surface area contributed by atoms with Gasteiger partial charge in [0.25, 0.3) is 0 Å².